The number of rotatable bonds is 5. The van der Waals surface area contributed by atoms with Gasteiger partial charge in [-0.05, 0) is 24.7 Å². The van der Waals surface area contributed by atoms with Crippen molar-refractivity contribution in [1.82, 2.24) is 5.32 Å². The first-order valence-corrected chi connectivity index (χ1v) is 6.65. The minimum atomic E-state index is 0.183. The Kier molecular flexibility index (Phi) is 5.81. The molecule has 0 heterocycles. The SMILES string of the molecule is CCC(C)CNC(=O)CC1CCCCC1N. The van der Waals surface area contributed by atoms with E-state index in [0.29, 0.717) is 18.3 Å². The molecule has 0 aromatic rings. The fraction of sp³-hybridized carbons (Fsp3) is 0.923. The van der Waals surface area contributed by atoms with E-state index in [0.717, 1.165) is 25.8 Å². The molecule has 1 saturated carbocycles. The van der Waals surface area contributed by atoms with Gasteiger partial charge in [0.15, 0.2) is 0 Å². The van der Waals surface area contributed by atoms with Crippen molar-refractivity contribution in [1.29, 1.82) is 0 Å². The van der Waals surface area contributed by atoms with E-state index in [1.54, 1.807) is 0 Å². The summed E-state index contributed by atoms with van der Waals surface area (Å²) in [6.07, 6.45) is 6.41. The van der Waals surface area contributed by atoms with Crippen LogP contribution in [0.25, 0.3) is 0 Å². The number of carbonyl (C=O) groups excluding carboxylic acids is 1. The maximum atomic E-state index is 11.7. The van der Waals surface area contributed by atoms with E-state index in [2.05, 4.69) is 19.2 Å². The van der Waals surface area contributed by atoms with Crippen LogP contribution < -0.4 is 11.1 Å². The molecular weight excluding hydrogens is 200 g/mol. The molecule has 94 valence electrons. The monoisotopic (exact) mass is 226 g/mol. The molecule has 0 radical (unpaired) electrons. The molecule has 0 spiro atoms. The second kappa shape index (κ2) is 6.89. The first-order chi connectivity index (χ1) is 7.63. The molecule has 0 aliphatic heterocycles. The van der Waals surface area contributed by atoms with Crippen molar-refractivity contribution in [3.63, 3.8) is 0 Å². The highest BCUT2D eigenvalue weighted by atomic mass is 16.1. The summed E-state index contributed by atoms with van der Waals surface area (Å²) in [4.78, 5) is 11.7. The van der Waals surface area contributed by atoms with Crippen molar-refractivity contribution in [3.8, 4) is 0 Å². The molecule has 3 heteroatoms. The summed E-state index contributed by atoms with van der Waals surface area (Å²) in [7, 11) is 0. The number of carbonyl (C=O) groups is 1. The summed E-state index contributed by atoms with van der Waals surface area (Å²) in [5, 5.41) is 3.01. The normalized spacial score (nSPS) is 27.4. The average molecular weight is 226 g/mol. The quantitative estimate of drug-likeness (QED) is 0.754. The molecule has 1 rings (SSSR count). The van der Waals surface area contributed by atoms with E-state index in [1.165, 1.54) is 12.8 Å². The van der Waals surface area contributed by atoms with Crippen LogP contribution in [-0.4, -0.2) is 18.5 Å². The minimum absolute atomic E-state index is 0.183. The van der Waals surface area contributed by atoms with Gasteiger partial charge in [0.1, 0.15) is 0 Å². The number of amides is 1. The van der Waals surface area contributed by atoms with E-state index in [4.69, 9.17) is 5.73 Å². The third-order valence-electron chi connectivity index (χ3n) is 3.76. The third kappa shape index (κ3) is 4.52. The van der Waals surface area contributed by atoms with Crippen LogP contribution in [0.1, 0.15) is 52.4 Å². The zero-order valence-electron chi connectivity index (χ0n) is 10.7. The van der Waals surface area contributed by atoms with Crippen molar-refractivity contribution in [2.75, 3.05) is 6.54 Å². The Morgan fingerprint density at radius 2 is 2.12 bits per heavy atom. The fourth-order valence-corrected chi connectivity index (χ4v) is 2.23. The highest BCUT2D eigenvalue weighted by Gasteiger charge is 2.23. The molecule has 1 amide bonds. The van der Waals surface area contributed by atoms with Gasteiger partial charge in [-0.2, -0.15) is 0 Å². The highest BCUT2D eigenvalue weighted by molar-refractivity contribution is 5.76. The largest absolute Gasteiger partial charge is 0.356 e. The van der Waals surface area contributed by atoms with Crippen LogP contribution >= 0.6 is 0 Å². The van der Waals surface area contributed by atoms with E-state index in [9.17, 15) is 4.79 Å². The summed E-state index contributed by atoms with van der Waals surface area (Å²) in [6.45, 7) is 5.11. The second-order valence-electron chi connectivity index (χ2n) is 5.23. The Morgan fingerprint density at radius 3 is 2.75 bits per heavy atom. The number of hydrogen-bond donors (Lipinski definition) is 2. The zero-order chi connectivity index (χ0) is 12.0. The summed E-state index contributed by atoms with van der Waals surface area (Å²) in [5.74, 6) is 1.16. The molecule has 16 heavy (non-hydrogen) atoms. The zero-order valence-corrected chi connectivity index (χ0v) is 10.7. The molecule has 3 unspecified atom stereocenters. The summed E-state index contributed by atoms with van der Waals surface area (Å²) >= 11 is 0. The summed E-state index contributed by atoms with van der Waals surface area (Å²) in [5.41, 5.74) is 6.03. The Hall–Kier alpha value is -0.570. The molecule has 1 fully saturated rings. The topological polar surface area (TPSA) is 55.1 Å². The average Bonchev–Trinajstić information content (AvgIpc) is 2.29. The predicted molar refractivity (Wildman–Crippen MR) is 67.0 cm³/mol. The van der Waals surface area contributed by atoms with Crippen LogP contribution in [0.5, 0.6) is 0 Å². The van der Waals surface area contributed by atoms with Gasteiger partial charge in [-0.15, -0.1) is 0 Å². The van der Waals surface area contributed by atoms with Gasteiger partial charge in [0.2, 0.25) is 5.91 Å². The van der Waals surface area contributed by atoms with Gasteiger partial charge in [0.05, 0.1) is 0 Å². The molecule has 3 atom stereocenters. The lowest BCUT2D eigenvalue weighted by molar-refractivity contribution is -0.122. The summed E-state index contributed by atoms with van der Waals surface area (Å²) < 4.78 is 0. The lowest BCUT2D eigenvalue weighted by Gasteiger charge is -2.28. The van der Waals surface area contributed by atoms with Crippen LogP contribution in [-0.2, 0) is 4.79 Å². The van der Waals surface area contributed by atoms with Gasteiger partial charge in [0, 0.05) is 19.0 Å². The van der Waals surface area contributed by atoms with Crippen LogP contribution in [0, 0.1) is 11.8 Å². The maximum absolute atomic E-state index is 11.7. The van der Waals surface area contributed by atoms with Crippen molar-refractivity contribution >= 4 is 5.91 Å². The second-order valence-corrected chi connectivity index (χ2v) is 5.23. The van der Waals surface area contributed by atoms with Gasteiger partial charge in [-0.3, -0.25) is 4.79 Å². The van der Waals surface area contributed by atoms with Gasteiger partial charge in [-0.25, -0.2) is 0 Å². The van der Waals surface area contributed by atoms with Gasteiger partial charge >= 0.3 is 0 Å². The number of hydrogen-bond acceptors (Lipinski definition) is 2. The van der Waals surface area contributed by atoms with Crippen molar-refractivity contribution in [2.24, 2.45) is 17.6 Å². The van der Waals surface area contributed by atoms with Crippen LogP contribution in [0.4, 0.5) is 0 Å². The Balaban J connectivity index is 2.22. The number of nitrogens with two attached hydrogens (primary N) is 1. The predicted octanol–water partition coefficient (Wildman–Crippen LogP) is 2.06. The molecular formula is C13H26N2O. The maximum Gasteiger partial charge on any atom is 0.220 e. The lowest BCUT2D eigenvalue weighted by Crippen LogP contribution is -2.37. The summed E-state index contributed by atoms with van der Waals surface area (Å²) in [6, 6.07) is 0.239. The molecule has 0 bridgehead atoms. The highest BCUT2D eigenvalue weighted by Crippen LogP contribution is 2.25. The van der Waals surface area contributed by atoms with Crippen LogP contribution in [0.3, 0.4) is 0 Å². The fourth-order valence-electron chi connectivity index (χ4n) is 2.23. The van der Waals surface area contributed by atoms with Gasteiger partial charge < -0.3 is 11.1 Å². The minimum Gasteiger partial charge on any atom is -0.356 e. The lowest BCUT2D eigenvalue weighted by atomic mass is 9.83. The van der Waals surface area contributed by atoms with Crippen molar-refractivity contribution < 1.29 is 4.79 Å². The molecule has 3 nitrogen and oxygen atoms in total. The molecule has 0 aromatic carbocycles. The molecule has 0 saturated heterocycles. The van der Waals surface area contributed by atoms with Crippen LogP contribution in [0.15, 0.2) is 0 Å². The van der Waals surface area contributed by atoms with Crippen LogP contribution in [0.2, 0.25) is 0 Å². The Labute approximate surface area is 99.2 Å². The van der Waals surface area contributed by atoms with Gasteiger partial charge in [0.25, 0.3) is 0 Å². The van der Waals surface area contributed by atoms with E-state index >= 15 is 0 Å². The smallest absolute Gasteiger partial charge is 0.220 e. The van der Waals surface area contributed by atoms with E-state index in [-0.39, 0.29) is 11.9 Å². The molecule has 1 aliphatic carbocycles. The third-order valence-corrected chi connectivity index (χ3v) is 3.76. The Bertz CT molecular complexity index is 218. The Morgan fingerprint density at radius 1 is 1.44 bits per heavy atom. The molecule has 0 aromatic heterocycles. The molecule has 1 aliphatic rings. The standard InChI is InChI=1S/C13H26N2O/c1-3-10(2)9-15-13(16)8-11-6-4-5-7-12(11)14/h10-12H,3-9,14H2,1-2H3,(H,15,16). The van der Waals surface area contributed by atoms with E-state index in [1.807, 2.05) is 0 Å². The van der Waals surface area contributed by atoms with E-state index < -0.39 is 0 Å². The van der Waals surface area contributed by atoms with Crippen molar-refractivity contribution in [2.45, 2.75) is 58.4 Å². The first-order valence-electron chi connectivity index (χ1n) is 6.65. The number of nitrogens with one attached hydrogen (secondary N) is 1. The molecule has 3 N–H and O–H groups in total. The van der Waals surface area contributed by atoms with Gasteiger partial charge in [-0.1, -0.05) is 33.1 Å². The first kappa shape index (κ1) is 13.5. The van der Waals surface area contributed by atoms with Crippen molar-refractivity contribution in [3.05, 3.63) is 0 Å².